The molecular weight excluding hydrogens is 235 g/mol. The van der Waals surface area contributed by atoms with Crippen molar-refractivity contribution in [3.63, 3.8) is 0 Å². The zero-order chi connectivity index (χ0) is 11.4. The van der Waals surface area contributed by atoms with Gasteiger partial charge in [0.2, 0.25) is 0 Å². The second-order valence-electron chi connectivity index (χ2n) is 3.09. The third kappa shape index (κ3) is 2.83. The fourth-order valence-corrected chi connectivity index (χ4v) is 1.28. The fraction of sp³-hybridized carbons (Fsp3) is 0.300. The van der Waals surface area contributed by atoms with Gasteiger partial charge in [-0.15, -0.1) is 12.4 Å². The summed E-state index contributed by atoms with van der Waals surface area (Å²) in [5.74, 6) is -1.23. The molecule has 0 unspecified atom stereocenters. The van der Waals surface area contributed by atoms with Crippen molar-refractivity contribution in [2.45, 2.75) is 12.5 Å². The first-order valence-electron chi connectivity index (χ1n) is 4.39. The van der Waals surface area contributed by atoms with Crippen molar-refractivity contribution in [2.24, 2.45) is 5.73 Å². The highest BCUT2D eigenvalue weighted by Crippen LogP contribution is 2.29. The highest BCUT2D eigenvalue weighted by Gasteiger charge is 2.16. The van der Waals surface area contributed by atoms with Gasteiger partial charge in [-0.1, -0.05) is 6.07 Å². The lowest BCUT2D eigenvalue weighted by atomic mass is 10.0. The van der Waals surface area contributed by atoms with Crippen LogP contribution in [0.25, 0.3) is 0 Å². The summed E-state index contributed by atoms with van der Waals surface area (Å²) in [7, 11) is 0. The summed E-state index contributed by atoms with van der Waals surface area (Å²) in [5, 5.41) is 26.8. The maximum Gasteiger partial charge on any atom is 0.144 e. The minimum atomic E-state index is -0.782. The van der Waals surface area contributed by atoms with Gasteiger partial charge in [-0.2, -0.15) is 5.26 Å². The van der Waals surface area contributed by atoms with Crippen molar-refractivity contribution in [3.05, 3.63) is 29.1 Å². The Hall–Kier alpha value is -1.35. The van der Waals surface area contributed by atoms with E-state index < -0.39 is 23.2 Å². The summed E-state index contributed by atoms with van der Waals surface area (Å²) in [6.45, 7) is -0.139. The van der Waals surface area contributed by atoms with Crippen LogP contribution in [-0.2, 0) is 0 Å². The number of rotatable bonds is 3. The number of halogens is 2. The second-order valence-corrected chi connectivity index (χ2v) is 3.09. The lowest BCUT2D eigenvalue weighted by Crippen LogP contribution is -2.12. The van der Waals surface area contributed by atoms with Crippen molar-refractivity contribution < 1.29 is 14.6 Å². The maximum atomic E-state index is 13.0. The van der Waals surface area contributed by atoms with E-state index >= 15 is 0 Å². The lowest BCUT2D eigenvalue weighted by molar-refractivity contribution is 0.275. The summed E-state index contributed by atoms with van der Waals surface area (Å²) < 4.78 is 13.0. The summed E-state index contributed by atoms with van der Waals surface area (Å²) >= 11 is 0. The van der Waals surface area contributed by atoms with Crippen LogP contribution in [0, 0.1) is 17.1 Å². The van der Waals surface area contributed by atoms with Crippen LogP contribution in [0.3, 0.4) is 0 Å². The van der Waals surface area contributed by atoms with Crippen LogP contribution in [0.15, 0.2) is 12.1 Å². The smallest absolute Gasteiger partial charge is 0.144 e. The van der Waals surface area contributed by atoms with Gasteiger partial charge in [0.05, 0.1) is 0 Å². The topological polar surface area (TPSA) is 90.3 Å². The van der Waals surface area contributed by atoms with E-state index in [-0.39, 0.29) is 31.0 Å². The minimum absolute atomic E-state index is 0. The average molecular weight is 247 g/mol. The van der Waals surface area contributed by atoms with Crippen LogP contribution >= 0.6 is 12.4 Å². The number of nitrogens with zero attached hydrogens (tertiary/aromatic N) is 1. The third-order valence-corrected chi connectivity index (χ3v) is 2.11. The van der Waals surface area contributed by atoms with Crippen LogP contribution in [-0.4, -0.2) is 16.8 Å². The molecule has 88 valence electrons. The Balaban J connectivity index is 0.00000225. The Bertz CT molecular complexity index is 407. The first kappa shape index (κ1) is 14.6. The molecule has 0 aliphatic rings. The molecule has 4 N–H and O–H groups in total. The summed E-state index contributed by atoms with van der Waals surface area (Å²) in [5.41, 5.74) is 5.48. The molecule has 4 nitrogen and oxygen atoms in total. The lowest BCUT2D eigenvalue weighted by Gasteiger charge is -2.13. The maximum absolute atomic E-state index is 13.0. The zero-order valence-electron chi connectivity index (χ0n) is 8.35. The first-order chi connectivity index (χ1) is 7.11. The van der Waals surface area contributed by atoms with Gasteiger partial charge in [0.25, 0.3) is 0 Å². The predicted molar refractivity (Wildman–Crippen MR) is 58.7 cm³/mol. The van der Waals surface area contributed by atoms with Gasteiger partial charge in [-0.3, -0.25) is 0 Å². The molecule has 0 saturated heterocycles. The van der Waals surface area contributed by atoms with Gasteiger partial charge < -0.3 is 15.9 Å². The Kier molecular flexibility index (Phi) is 5.75. The predicted octanol–water partition coefficient (Wildman–Crippen LogP) is 1.21. The van der Waals surface area contributed by atoms with Gasteiger partial charge >= 0.3 is 0 Å². The number of nitriles is 1. The number of nitrogens with two attached hydrogens (primary N) is 1. The van der Waals surface area contributed by atoms with Crippen LogP contribution < -0.4 is 5.73 Å². The Morgan fingerprint density at radius 3 is 2.62 bits per heavy atom. The molecule has 16 heavy (non-hydrogen) atoms. The van der Waals surface area contributed by atoms with Gasteiger partial charge in [-0.25, -0.2) is 4.39 Å². The van der Waals surface area contributed by atoms with Gasteiger partial charge in [0, 0.05) is 18.2 Å². The minimum Gasteiger partial charge on any atom is -0.506 e. The van der Waals surface area contributed by atoms with Crippen molar-refractivity contribution >= 4 is 12.4 Å². The van der Waals surface area contributed by atoms with E-state index in [1.165, 1.54) is 6.07 Å². The Labute approximate surface area is 98.5 Å². The van der Waals surface area contributed by atoms with Crippen LogP contribution in [0.2, 0.25) is 0 Å². The molecule has 1 aromatic carbocycles. The third-order valence-electron chi connectivity index (χ3n) is 2.11. The molecule has 0 amide bonds. The number of aliphatic hydroxyl groups excluding tert-OH is 1. The van der Waals surface area contributed by atoms with Crippen molar-refractivity contribution in [1.82, 2.24) is 0 Å². The van der Waals surface area contributed by atoms with Crippen molar-refractivity contribution in [1.29, 1.82) is 5.26 Å². The molecule has 0 heterocycles. The summed E-state index contributed by atoms with van der Waals surface area (Å²) in [4.78, 5) is 0. The van der Waals surface area contributed by atoms with E-state index in [2.05, 4.69) is 0 Å². The number of phenolic OH excluding ortho intramolecular Hbond substituents is 1. The van der Waals surface area contributed by atoms with E-state index in [0.717, 1.165) is 6.07 Å². The molecule has 0 radical (unpaired) electrons. The van der Waals surface area contributed by atoms with E-state index in [1.54, 1.807) is 6.07 Å². The summed E-state index contributed by atoms with van der Waals surface area (Å²) in [6, 6.07) is 3.33. The van der Waals surface area contributed by atoms with Crippen LogP contribution in [0.1, 0.15) is 23.6 Å². The SMILES string of the molecule is Cl.N#Cc1c(F)ccc([C@@H](N)CCO)c1O. The van der Waals surface area contributed by atoms with Crippen molar-refractivity contribution in [3.8, 4) is 11.8 Å². The normalized spacial score (nSPS) is 11.4. The van der Waals surface area contributed by atoms with Crippen LogP contribution in [0.4, 0.5) is 4.39 Å². The quantitative estimate of drug-likeness (QED) is 0.748. The summed E-state index contributed by atoms with van der Waals surface area (Å²) in [6.07, 6.45) is 0.240. The van der Waals surface area contributed by atoms with Gasteiger partial charge in [0.15, 0.2) is 0 Å². The van der Waals surface area contributed by atoms with Crippen LogP contribution in [0.5, 0.6) is 5.75 Å². The number of aliphatic hydroxyl groups is 1. The van der Waals surface area contributed by atoms with E-state index in [9.17, 15) is 9.50 Å². The number of hydrogen-bond donors (Lipinski definition) is 3. The molecule has 0 aliphatic carbocycles. The molecule has 0 saturated carbocycles. The number of hydrogen-bond acceptors (Lipinski definition) is 4. The molecule has 1 rings (SSSR count). The number of phenols is 1. The molecule has 1 atom stereocenters. The Morgan fingerprint density at radius 2 is 2.12 bits per heavy atom. The van der Waals surface area contributed by atoms with E-state index in [1.807, 2.05) is 0 Å². The standard InChI is InChI=1S/C10H11FN2O2.ClH/c11-8-2-1-6(9(13)3-4-14)10(15)7(8)5-12;/h1-2,9,14-15H,3-4,13H2;1H/t9-;/m0./s1. The average Bonchev–Trinajstić information content (AvgIpc) is 2.18. The largest absolute Gasteiger partial charge is 0.506 e. The number of aromatic hydroxyl groups is 1. The fourth-order valence-electron chi connectivity index (χ4n) is 1.28. The second kappa shape index (κ2) is 6.28. The molecule has 0 spiro atoms. The monoisotopic (exact) mass is 246 g/mol. The highest BCUT2D eigenvalue weighted by atomic mass is 35.5. The Morgan fingerprint density at radius 1 is 1.50 bits per heavy atom. The molecule has 0 fully saturated rings. The van der Waals surface area contributed by atoms with E-state index in [0.29, 0.717) is 0 Å². The molecule has 6 heteroatoms. The first-order valence-corrected chi connectivity index (χ1v) is 4.39. The van der Waals surface area contributed by atoms with Gasteiger partial charge in [-0.05, 0) is 12.5 Å². The highest BCUT2D eigenvalue weighted by molar-refractivity contribution is 5.85. The number of benzene rings is 1. The zero-order valence-corrected chi connectivity index (χ0v) is 9.17. The molecule has 0 aromatic heterocycles. The van der Waals surface area contributed by atoms with Gasteiger partial charge in [0.1, 0.15) is 23.2 Å². The molecule has 0 bridgehead atoms. The molecular formula is C10H12ClFN2O2. The van der Waals surface area contributed by atoms with Crippen molar-refractivity contribution in [2.75, 3.05) is 6.61 Å². The van der Waals surface area contributed by atoms with E-state index in [4.69, 9.17) is 16.1 Å². The molecule has 1 aromatic rings. The molecule has 0 aliphatic heterocycles.